The van der Waals surface area contributed by atoms with Crippen LogP contribution in [0.1, 0.15) is 5.69 Å². The molecule has 13 heavy (non-hydrogen) atoms. The Labute approximate surface area is 75.4 Å². The van der Waals surface area contributed by atoms with Crippen molar-refractivity contribution in [3.8, 4) is 0 Å². The number of thioether (sulfide) groups is 1. The van der Waals surface area contributed by atoms with Gasteiger partial charge in [0.05, 0.1) is 6.33 Å². The third kappa shape index (κ3) is 2.03. The Morgan fingerprint density at radius 3 is 2.54 bits per heavy atom. The van der Waals surface area contributed by atoms with Gasteiger partial charge >= 0.3 is 6.18 Å². The Bertz CT molecular complexity index is 360. The number of rotatable bonds is 1. The third-order valence-electron chi connectivity index (χ3n) is 1.28. The van der Waals surface area contributed by atoms with Gasteiger partial charge in [0.25, 0.3) is 5.56 Å². The summed E-state index contributed by atoms with van der Waals surface area (Å²) in [5.74, 6) is 0. The fraction of sp³-hybridized carbons (Fsp3) is 0.333. The summed E-state index contributed by atoms with van der Waals surface area (Å²) in [4.78, 5) is 15.6. The lowest BCUT2D eigenvalue weighted by Gasteiger charge is -2.07. The molecule has 0 radical (unpaired) electrons. The molecule has 0 aromatic carbocycles. The molecule has 0 amide bonds. The summed E-state index contributed by atoms with van der Waals surface area (Å²) in [5, 5.41) is 0. The van der Waals surface area contributed by atoms with Gasteiger partial charge in [-0.25, -0.2) is 4.98 Å². The lowest BCUT2D eigenvalue weighted by atomic mass is 10.4. The minimum absolute atomic E-state index is 0.407. The van der Waals surface area contributed by atoms with E-state index in [9.17, 15) is 18.0 Å². The molecule has 0 saturated carbocycles. The molecule has 0 unspecified atom stereocenters. The zero-order valence-electron chi connectivity index (χ0n) is 6.47. The topological polar surface area (TPSA) is 45.8 Å². The van der Waals surface area contributed by atoms with Crippen LogP contribution < -0.4 is 5.56 Å². The molecule has 7 heteroatoms. The van der Waals surface area contributed by atoms with E-state index in [-0.39, 0.29) is 0 Å². The van der Waals surface area contributed by atoms with Gasteiger partial charge in [0.1, 0.15) is 4.90 Å². The van der Waals surface area contributed by atoms with Gasteiger partial charge < -0.3 is 4.98 Å². The highest BCUT2D eigenvalue weighted by Gasteiger charge is 2.36. The fourth-order valence-electron chi connectivity index (χ4n) is 0.778. The minimum atomic E-state index is -4.58. The maximum Gasteiger partial charge on any atom is 0.434 e. The van der Waals surface area contributed by atoms with Crippen LogP contribution in [0.25, 0.3) is 0 Å². The second kappa shape index (κ2) is 3.41. The predicted molar refractivity (Wildman–Crippen MR) is 41.6 cm³/mol. The monoisotopic (exact) mass is 210 g/mol. The van der Waals surface area contributed by atoms with Gasteiger partial charge in [-0.15, -0.1) is 11.8 Å². The molecule has 0 aliphatic heterocycles. The zero-order valence-corrected chi connectivity index (χ0v) is 7.29. The fourth-order valence-corrected chi connectivity index (χ4v) is 1.38. The van der Waals surface area contributed by atoms with Crippen molar-refractivity contribution >= 4 is 11.8 Å². The van der Waals surface area contributed by atoms with E-state index >= 15 is 0 Å². The van der Waals surface area contributed by atoms with Gasteiger partial charge in [0.15, 0.2) is 5.69 Å². The molecule has 1 aromatic heterocycles. The zero-order chi connectivity index (χ0) is 10.1. The molecule has 1 heterocycles. The van der Waals surface area contributed by atoms with Gasteiger partial charge in [-0.3, -0.25) is 4.79 Å². The molecule has 0 saturated heterocycles. The number of nitrogens with one attached hydrogen (secondary N) is 1. The number of hydrogen-bond acceptors (Lipinski definition) is 3. The lowest BCUT2D eigenvalue weighted by molar-refractivity contribution is -0.143. The molecular weight excluding hydrogens is 205 g/mol. The third-order valence-corrected chi connectivity index (χ3v) is 2.07. The number of alkyl halides is 3. The largest absolute Gasteiger partial charge is 0.434 e. The molecule has 0 bridgehead atoms. The van der Waals surface area contributed by atoms with E-state index in [1.807, 2.05) is 0 Å². The molecule has 0 atom stereocenters. The number of aromatic nitrogens is 2. The first-order chi connectivity index (χ1) is 5.96. The maximum atomic E-state index is 12.2. The van der Waals surface area contributed by atoms with Gasteiger partial charge in [0.2, 0.25) is 0 Å². The molecule has 1 aromatic rings. The highest BCUT2D eigenvalue weighted by atomic mass is 32.2. The number of nitrogens with zero attached hydrogens (tertiary/aromatic N) is 1. The highest BCUT2D eigenvalue weighted by molar-refractivity contribution is 7.98. The summed E-state index contributed by atoms with van der Waals surface area (Å²) < 4.78 is 36.6. The Kier molecular flexibility index (Phi) is 2.65. The normalized spacial score (nSPS) is 11.7. The summed E-state index contributed by atoms with van der Waals surface area (Å²) in [6, 6.07) is 0. The summed E-state index contributed by atoms with van der Waals surface area (Å²) in [6.45, 7) is 0. The van der Waals surface area contributed by atoms with Crippen molar-refractivity contribution in [2.45, 2.75) is 11.1 Å². The number of halogens is 3. The van der Waals surface area contributed by atoms with E-state index in [2.05, 4.69) is 9.97 Å². The first-order valence-electron chi connectivity index (χ1n) is 3.15. The second-order valence-corrected chi connectivity index (χ2v) is 2.93. The Morgan fingerprint density at radius 1 is 1.54 bits per heavy atom. The molecular formula is C6H5F3N2OS. The van der Waals surface area contributed by atoms with E-state index in [1.165, 1.54) is 6.26 Å². The van der Waals surface area contributed by atoms with E-state index in [4.69, 9.17) is 0 Å². The van der Waals surface area contributed by atoms with Crippen LogP contribution in [0.3, 0.4) is 0 Å². The molecule has 0 fully saturated rings. The molecule has 3 nitrogen and oxygen atoms in total. The van der Waals surface area contributed by atoms with E-state index in [1.54, 1.807) is 0 Å². The Hall–Kier alpha value is -0.980. The quantitative estimate of drug-likeness (QED) is 0.714. The first kappa shape index (κ1) is 10.1. The number of H-pyrrole nitrogens is 1. The van der Waals surface area contributed by atoms with E-state index in [0.29, 0.717) is 0 Å². The van der Waals surface area contributed by atoms with Crippen LogP contribution in [0.15, 0.2) is 16.0 Å². The van der Waals surface area contributed by atoms with Crippen molar-refractivity contribution in [1.29, 1.82) is 0 Å². The Balaban J connectivity index is 3.38. The summed E-state index contributed by atoms with van der Waals surface area (Å²) in [6.07, 6.45) is -2.45. The van der Waals surface area contributed by atoms with Crippen molar-refractivity contribution in [1.82, 2.24) is 9.97 Å². The van der Waals surface area contributed by atoms with Crippen LogP contribution in [-0.4, -0.2) is 16.2 Å². The highest BCUT2D eigenvalue weighted by Crippen LogP contribution is 2.31. The Morgan fingerprint density at radius 2 is 2.15 bits per heavy atom. The van der Waals surface area contributed by atoms with Crippen molar-refractivity contribution in [3.05, 3.63) is 22.4 Å². The summed E-state index contributed by atoms with van der Waals surface area (Å²) in [7, 11) is 0. The lowest BCUT2D eigenvalue weighted by Crippen LogP contribution is -2.18. The minimum Gasteiger partial charge on any atom is -0.312 e. The van der Waals surface area contributed by atoms with Crippen molar-refractivity contribution in [2.24, 2.45) is 0 Å². The SMILES string of the molecule is CSc1c(C(F)(F)F)nc[nH]c1=O. The van der Waals surface area contributed by atoms with Gasteiger partial charge in [-0.05, 0) is 6.26 Å². The average Bonchev–Trinajstić information content (AvgIpc) is 2.02. The van der Waals surface area contributed by atoms with Crippen molar-refractivity contribution in [2.75, 3.05) is 6.26 Å². The average molecular weight is 210 g/mol. The van der Waals surface area contributed by atoms with Crippen LogP contribution in [-0.2, 0) is 6.18 Å². The van der Waals surface area contributed by atoms with Crippen LogP contribution in [0.2, 0.25) is 0 Å². The van der Waals surface area contributed by atoms with Crippen LogP contribution >= 0.6 is 11.8 Å². The molecule has 0 aliphatic rings. The summed E-state index contributed by atoms with van der Waals surface area (Å²) in [5.41, 5.74) is -1.90. The molecule has 72 valence electrons. The van der Waals surface area contributed by atoms with Gasteiger partial charge in [0, 0.05) is 0 Å². The predicted octanol–water partition coefficient (Wildman–Crippen LogP) is 1.51. The van der Waals surface area contributed by atoms with Crippen LogP contribution in [0.4, 0.5) is 13.2 Å². The summed E-state index contributed by atoms with van der Waals surface area (Å²) >= 11 is 0.723. The second-order valence-electron chi connectivity index (χ2n) is 2.11. The first-order valence-corrected chi connectivity index (χ1v) is 4.38. The molecule has 1 rings (SSSR count). The van der Waals surface area contributed by atoms with Crippen LogP contribution in [0.5, 0.6) is 0 Å². The van der Waals surface area contributed by atoms with Crippen molar-refractivity contribution < 1.29 is 13.2 Å². The molecule has 0 spiro atoms. The smallest absolute Gasteiger partial charge is 0.312 e. The standard InChI is InChI=1S/C6H5F3N2OS/c1-13-3-4(6(7,8)9)10-2-11-5(3)12/h2H,1H3,(H,10,11,12). The number of hydrogen-bond donors (Lipinski definition) is 1. The molecule has 0 aliphatic carbocycles. The van der Waals surface area contributed by atoms with E-state index < -0.39 is 22.3 Å². The van der Waals surface area contributed by atoms with Crippen LogP contribution in [0, 0.1) is 0 Å². The van der Waals surface area contributed by atoms with Gasteiger partial charge in [-0.2, -0.15) is 13.2 Å². The van der Waals surface area contributed by atoms with Gasteiger partial charge in [-0.1, -0.05) is 0 Å². The molecule has 1 N–H and O–H groups in total. The van der Waals surface area contributed by atoms with E-state index in [0.717, 1.165) is 18.1 Å². The van der Waals surface area contributed by atoms with Crippen molar-refractivity contribution in [3.63, 3.8) is 0 Å². The maximum absolute atomic E-state index is 12.2. The number of aromatic amines is 1.